The minimum absolute atomic E-state index is 0. The van der Waals surface area contributed by atoms with E-state index in [-0.39, 0.29) is 48.7 Å². The Bertz CT molecular complexity index is 997. The summed E-state index contributed by atoms with van der Waals surface area (Å²) in [5.41, 5.74) is 0.578. The third-order valence-electron chi connectivity index (χ3n) is 7.86. The number of ether oxygens (including phenoxy) is 4. The molecule has 0 aromatic heterocycles. The molecule has 42 heavy (non-hydrogen) atoms. The van der Waals surface area contributed by atoms with E-state index in [1.165, 1.54) is 7.11 Å². The van der Waals surface area contributed by atoms with Gasteiger partial charge in [-0.2, -0.15) is 0 Å². The monoisotopic (exact) mass is 611 g/mol. The molecule has 1 heterocycles. The van der Waals surface area contributed by atoms with Gasteiger partial charge in [0.1, 0.15) is 0 Å². The molecular weight excluding hydrogens is 562 g/mol. The number of nitrogens with zero attached hydrogens (tertiary/aromatic N) is 2. The maximum absolute atomic E-state index is 13.7. The summed E-state index contributed by atoms with van der Waals surface area (Å²) in [5, 5.41) is 3.65. The second-order valence-corrected chi connectivity index (χ2v) is 11.2. The summed E-state index contributed by atoms with van der Waals surface area (Å²) >= 11 is 0. The Balaban J connectivity index is 0.00000616. The molecule has 238 valence electrons. The number of hydrogen-bond donors (Lipinski definition) is 1. The fraction of sp³-hybridized carbons (Fsp3) is 0.710. The minimum atomic E-state index is -0.274. The lowest BCUT2D eigenvalue weighted by Crippen LogP contribution is -2.54. The van der Waals surface area contributed by atoms with Crippen molar-refractivity contribution in [3.63, 3.8) is 0 Å². The zero-order valence-electron chi connectivity index (χ0n) is 25.9. The average Bonchev–Trinajstić information content (AvgIpc) is 3.81. The summed E-state index contributed by atoms with van der Waals surface area (Å²) < 4.78 is 21.1. The van der Waals surface area contributed by atoms with Crippen LogP contribution in [-0.2, 0) is 19.1 Å². The summed E-state index contributed by atoms with van der Waals surface area (Å²) in [7, 11) is 4.62. The molecule has 11 heteroatoms. The van der Waals surface area contributed by atoms with Crippen LogP contribution in [0.2, 0.25) is 0 Å². The van der Waals surface area contributed by atoms with Crippen molar-refractivity contribution >= 4 is 30.2 Å². The van der Waals surface area contributed by atoms with Gasteiger partial charge < -0.3 is 34.1 Å². The van der Waals surface area contributed by atoms with E-state index in [0.29, 0.717) is 61.7 Å². The highest BCUT2D eigenvalue weighted by molar-refractivity contribution is 5.95. The minimum Gasteiger partial charge on any atom is -0.493 e. The van der Waals surface area contributed by atoms with Crippen LogP contribution in [0.1, 0.15) is 82.0 Å². The maximum Gasteiger partial charge on any atom is 0.305 e. The SMILES string of the molecule is COCCCOc1cc(C(=O)N(C(C)C)C2CCC(CCN(C(=O)CCCC(=O)OC)C3CC3)NC2)ccc1OC.Cl. The highest BCUT2D eigenvalue weighted by Crippen LogP contribution is 2.31. The molecule has 3 rings (SSSR count). The standard InChI is InChI=1S/C31H49N3O7.ClH/c1-22(2)34(31(37)23-10-15-27(39-4)28(20-23)41-19-7-18-38-3)26-12-11-24(32-21-26)16-17-33(25-13-14-25)29(35)8-6-9-30(36)40-5;/h10,15,20,22,24-26,32H,6-9,11-14,16-19,21H2,1-5H3;1H. The quantitative estimate of drug-likeness (QED) is 0.206. The topological polar surface area (TPSA) is 107 Å². The van der Waals surface area contributed by atoms with Crippen LogP contribution < -0.4 is 14.8 Å². The molecule has 0 radical (unpaired) electrons. The van der Waals surface area contributed by atoms with Gasteiger partial charge in [0.15, 0.2) is 11.5 Å². The van der Waals surface area contributed by atoms with Crippen molar-refractivity contribution in [1.82, 2.24) is 15.1 Å². The molecule has 2 amide bonds. The first kappa shape index (κ1) is 35.6. The molecule has 2 unspecified atom stereocenters. The van der Waals surface area contributed by atoms with Gasteiger partial charge in [0.25, 0.3) is 5.91 Å². The first-order chi connectivity index (χ1) is 19.8. The number of carbonyl (C=O) groups is 3. The molecule has 1 aromatic carbocycles. The molecule has 1 aliphatic carbocycles. The smallest absolute Gasteiger partial charge is 0.305 e. The van der Waals surface area contributed by atoms with Gasteiger partial charge in [-0.05, 0) is 70.6 Å². The largest absolute Gasteiger partial charge is 0.493 e. The summed E-state index contributed by atoms with van der Waals surface area (Å²) in [6.45, 7) is 6.60. The van der Waals surface area contributed by atoms with Gasteiger partial charge in [-0.15, -0.1) is 12.4 Å². The number of rotatable bonds is 17. The van der Waals surface area contributed by atoms with E-state index < -0.39 is 0 Å². The van der Waals surface area contributed by atoms with Crippen LogP contribution in [0.25, 0.3) is 0 Å². The number of amides is 2. The Labute approximate surface area is 257 Å². The van der Waals surface area contributed by atoms with E-state index in [2.05, 4.69) is 23.9 Å². The normalized spacial score (nSPS) is 18.1. The Hall–Kier alpha value is -2.56. The lowest BCUT2D eigenvalue weighted by Gasteiger charge is -2.40. The van der Waals surface area contributed by atoms with E-state index in [4.69, 9.17) is 14.2 Å². The number of methoxy groups -OCH3 is 3. The van der Waals surface area contributed by atoms with E-state index in [9.17, 15) is 14.4 Å². The molecule has 2 fully saturated rings. The molecule has 0 spiro atoms. The summed E-state index contributed by atoms with van der Waals surface area (Å²) in [6.07, 6.45) is 6.74. The van der Waals surface area contributed by atoms with Crippen LogP contribution in [-0.4, -0.2) is 99.4 Å². The zero-order valence-corrected chi connectivity index (χ0v) is 26.7. The van der Waals surface area contributed by atoms with E-state index in [1.807, 2.05) is 9.80 Å². The van der Waals surface area contributed by atoms with Crippen molar-refractivity contribution in [3.05, 3.63) is 23.8 Å². The van der Waals surface area contributed by atoms with Crippen LogP contribution in [0.15, 0.2) is 18.2 Å². The number of carbonyl (C=O) groups excluding carboxylic acids is 3. The molecular formula is C31H50ClN3O7. The molecule has 1 N–H and O–H groups in total. The van der Waals surface area contributed by atoms with Gasteiger partial charge >= 0.3 is 5.97 Å². The molecule has 1 saturated carbocycles. The number of benzene rings is 1. The van der Waals surface area contributed by atoms with Crippen molar-refractivity contribution in [2.24, 2.45) is 0 Å². The molecule has 1 saturated heterocycles. The lowest BCUT2D eigenvalue weighted by molar-refractivity contribution is -0.140. The Morgan fingerprint density at radius 2 is 1.69 bits per heavy atom. The van der Waals surface area contributed by atoms with E-state index in [1.54, 1.807) is 32.4 Å². The third kappa shape index (κ3) is 10.6. The van der Waals surface area contributed by atoms with Gasteiger partial charge in [-0.1, -0.05) is 0 Å². The second kappa shape index (κ2) is 18.2. The average molecular weight is 612 g/mol. The van der Waals surface area contributed by atoms with Crippen LogP contribution in [0, 0.1) is 0 Å². The van der Waals surface area contributed by atoms with Crippen molar-refractivity contribution in [1.29, 1.82) is 0 Å². The van der Waals surface area contributed by atoms with Crippen molar-refractivity contribution in [3.8, 4) is 11.5 Å². The van der Waals surface area contributed by atoms with Gasteiger partial charge in [0.05, 0.1) is 20.8 Å². The molecule has 1 aromatic rings. The van der Waals surface area contributed by atoms with Gasteiger partial charge in [0.2, 0.25) is 5.91 Å². The Kier molecular flexibility index (Phi) is 15.4. The number of hydrogen-bond acceptors (Lipinski definition) is 8. The molecule has 2 atom stereocenters. The number of esters is 1. The zero-order chi connectivity index (χ0) is 29.8. The van der Waals surface area contributed by atoms with E-state index in [0.717, 1.165) is 45.1 Å². The number of piperidine rings is 1. The van der Waals surface area contributed by atoms with Crippen LogP contribution in [0.4, 0.5) is 0 Å². The first-order valence-corrected chi connectivity index (χ1v) is 15.0. The predicted molar refractivity (Wildman–Crippen MR) is 164 cm³/mol. The molecule has 1 aliphatic heterocycles. The highest BCUT2D eigenvalue weighted by Gasteiger charge is 2.34. The molecule has 0 bridgehead atoms. The lowest BCUT2D eigenvalue weighted by atomic mass is 9.95. The fourth-order valence-electron chi connectivity index (χ4n) is 5.48. The van der Waals surface area contributed by atoms with Gasteiger partial charge in [-0.3, -0.25) is 14.4 Å². The second-order valence-electron chi connectivity index (χ2n) is 11.2. The Morgan fingerprint density at radius 3 is 2.29 bits per heavy atom. The third-order valence-corrected chi connectivity index (χ3v) is 7.86. The summed E-state index contributed by atoms with van der Waals surface area (Å²) in [6, 6.07) is 6.11. The summed E-state index contributed by atoms with van der Waals surface area (Å²) in [5.74, 6) is 0.985. The van der Waals surface area contributed by atoms with Gasteiger partial charge in [0, 0.05) is 75.8 Å². The van der Waals surface area contributed by atoms with Crippen LogP contribution in [0.5, 0.6) is 11.5 Å². The van der Waals surface area contributed by atoms with Crippen LogP contribution in [0.3, 0.4) is 0 Å². The van der Waals surface area contributed by atoms with Gasteiger partial charge in [-0.25, -0.2) is 0 Å². The van der Waals surface area contributed by atoms with Crippen LogP contribution >= 0.6 is 12.4 Å². The fourth-order valence-corrected chi connectivity index (χ4v) is 5.48. The predicted octanol–water partition coefficient (Wildman–Crippen LogP) is 4.23. The number of nitrogens with one attached hydrogen (secondary N) is 1. The van der Waals surface area contributed by atoms with E-state index >= 15 is 0 Å². The Morgan fingerprint density at radius 1 is 0.952 bits per heavy atom. The molecule has 10 nitrogen and oxygen atoms in total. The first-order valence-electron chi connectivity index (χ1n) is 15.0. The van der Waals surface area contributed by atoms with Crippen molar-refractivity contribution in [2.75, 3.05) is 47.6 Å². The molecule has 2 aliphatic rings. The highest BCUT2D eigenvalue weighted by atomic mass is 35.5. The summed E-state index contributed by atoms with van der Waals surface area (Å²) in [4.78, 5) is 41.9. The maximum atomic E-state index is 13.7. The van der Waals surface area contributed by atoms with Crippen molar-refractivity contribution in [2.45, 2.75) is 95.8 Å². The number of halogens is 1. The van der Waals surface area contributed by atoms with Crippen molar-refractivity contribution < 1.29 is 33.3 Å².